The Morgan fingerprint density at radius 3 is 2.43 bits per heavy atom. The molecule has 0 heterocycles. The topological polar surface area (TPSA) is 98.8 Å². The van der Waals surface area contributed by atoms with Gasteiger partial charge in [0.15, 0.2) is 12.4 Å². The van der Waals surface area contributed by atoms with Gasteiger partial charge in [-0.15, -0.1) is 0 Å². The Kier molecular flexibility index (Phi) is 6.80. The molecule has 0 saturated carbocycles. The van der Waals surface area contributed by atoms with Crippen LogP contribution in [0.5, 0.6) is 5.75 Å². The summed E-state index contributed by atoms with van der Waals surface area (Å²) >= 11 is 0. The number of aryl methyl sites for hydroxylation is 2. The lowest BCUT2D eigenvalue weighted by atomic mass is 10.2. The molecule has 2 aromatic carbocycles. The van der Waals surface area contributed by atoms with Crippen molar-refractivity contribution < 1.29 is 26.9 Å². The molecule has 8 heteroatoms. The minimum absolute atomic E-state index is 0.0204. The van der Waals surface area contributed by atoms with E-state index >= 15 is 0 Å². The van der Waals surface area contributed by atoms with Crippen molar-refractivity contribution in [1.29, 1.82) is 0 Å². The number of hydrogen-bond acceptors (Lipinski definition) is 6. The third kappa shape index (κ3) is 5.56. The predicted octanol–water partition coefficient (Wildman–Crippen LogP) is 2.75. The molecule has 0 aromatic heterocycles. The van der Waals surface area contributed by atoms with E-state index in [1.165, 1.54) is 24.3 Å². The molecule has 1 N–H and O–H groups in total. The van der Waals surface area contributed by atoms with Crippen molar-refractivity contribution in [3.05, 3.63) is 59.2 Å². The average Bonchev–Trinajstić information content (AvgIpc) is 2.61. The third-order valence-electron chi connectivity index (χ3n) is 3.70. The number of hydrogen-bond donors (Lipinski definition) is 1. The van der Waals surface area contributed by atoms with Crippen LogP contribution in [0.25, 0.3) is 0 Å². The van der Waals surface area contributed by atoms with Gasteiger partial charge in [0, 0.05) is 6.04 Å². The zero-order valence-corrected chi connectivity index (χ0v) is 17.0. The van der Waals surface area contributed by atoms with Gasteiger partial charge in [0.05, 0.1) is 0 Å². The number of amides is 1. The lowest BCUT2D eigenvalue weighted by Gasteiger charge is -2.13. The first-order valence-electron chi connectivity index (χ1n) is 8.67. The fourth-order valence-corrected chi connectivity index (χ4v) is 3.68. The highest BCUT2D eigenvalue weighted by molar-refractivity contribution is 7.87. The molecule has 150 valence electrons. The molecular formula is C20H23NO6S. The molecule has 0 aliphatic rings. The van der Waals surface area contributed by atoms with Crippen molar-refractivity contribution in [3.8, 4) is 5.75 Å². The summed E-state index contributed by atoms with van der Waals surface area (Å²) in [6.45, 7) is 6.51. The Morgan fingerprint density at radius 2 is 1.75 bits per heavy atom. The summed E-state index contributed by atoms with van der Waals surface area (Å²) in [6.07, 6.45) is 0. The molecule has 0 spiro atoms. The van der Waals surface area contributed by atoms with Crippen LogP contribution in [0.2, 0.25) is 0 Å². The van der Waals surface area contributed by atoms with Crippen LogP contribution < -0.4 is 9.50 Å². The van der Waals surface area contributed by atoms with E-state index in [-0.39, 0.29) is 22.3 Å². The van der Waals surface area contributed by atoms with Crippen LogP contribution >= 0.6 is 0 Å². The Hall–Kier alpha value is -2.87. The number of carbonyl (C=O) groups is 2. The van der Waals surface area contributed by atoms with Gasteiger partial charge in [-0.2, -0.15) is 8.42 Å². The molecule has 0 saturated heterocycles. The molecule has 28 heavy (non-hydrogen) atoms. The second-order valence-electron chi connectivity index (χ2n) is 6.60. The Labute approximate surface area is 164 Å². The van der Waals surface area contributed by atoms with Gasteiger partial charge in [-0.05, 0) is 57.0 Å². The van der Waals surface area contributed by atoms with Gasteiger partial charge >= 0.3 is 16.1 Å². The van der Waals surface area contributed by atoms with Crippen molar-refractivity contribution in [2.75, 3.05) is 6.61 Å². The number of benzene rings is 2. The summed E-state index contributed by atoms with van der Waals surface area (Å²) in [7, 11) is -4.16. The van der Waals surface area contributed by atoms with Crippen LogP contribution in [0.1, 0.15) is 35.3 Å². The molecule has 0 aliphatic heterocycles. The summed E-state index contributed by atoms with van der Waals surface area (Å²) in [5, 5.41) is 2.59. The maximum Gasteiger partial charge on any atom is 0.342 e. The number of para-hydroxylation sites is 1. The number of esters is 1. The van der Waals surface area contributed by atoms with Crippen LogP contribution in [-0.2, 0) is 19.6 Å². The summed E-state index contributed by atoms with van der Waals surface area (Å²) in [6, 6.07) is 10.7. The quantitative estimate of drug-likeness (QED) is 0.562. The third-order valence-corrected chi connectivity index (χ3v) is 5.08. The average molecular weight is 405 g/mol. The zero-order chi connectivity index (χ0) is 20.9. The molecule has 2 rings (SSSR count). The Balaban J connectivity index is 2.23. The van der Waals surface area contributed by atoms with Crippen LogP contribution in [0, 0.1) is 13.8 Å². The highest BCUT2D eigenvalue weighted by Gasteiger charge is 2.23. The minimum Gasteiger partial charge on any atom is -0.452 e. The Bertz CT molecular complexity index is 982. The molecule has 0 radical (unpaired) electrons. The molecule has 0 atom stereocenters. The maximum absolute atomic E-state index is 12.7. The lowest BCUT2D eigenvalue weighted by Crippen LogP contribution is -2.34. The van der Waals surface area contributed by atoms with Gasteiger partial charge in [0.25, 0.3) is 5.91 Å². The minimum atomic E-state index is -4.16. The van der Waals surface area contributed by atoms with Crippen molar-refractivity contribution in [2.24, 2.45) is 0 Å². The molecule has 0 bridgehead atoms. The largest absolute Gasteiger partial charge is 0.452 e. The van der Waals surface area contributed by atoms with Gasteiger partial charge in [0.1, 0.15) is 10.5 Å². The fourth-order valence-electron chi connectivity index (χ4n) is 2.42. The van der Waals surface area contributed by atoms with Gasteiger partial charge in [-0.1, -0.05) is 24.3 Å². The van der Waals surface area contributed by atoms with Crippen LogP contribution in [-0.4, -0.2) is 32.9 Å². The summed E-state index contributed by atoms with van der Waals surface area (Å²) in [5.74, 6) is -1.48. The number of carbonyl (C=O) groups excluding carboxylic acids is 2. The number of rotatable bonds is 7. The molecule has 1 amide bonds. The highest BCUT2D eigenvalue weighted by Crippen LogP contribution is 2.25. The first kappa shape index (κ1) is 21.4. The fraction of sp³-hybridized carbons (Fsp3) is 0.300. The summed E-state index contributed by atoms with van der Waals surface area (Å²) in [5.41, 5.74) is 1.20. The van der Waals surface area contributed by atoms with Crippen LogP contribution in [0.4, 0.5) is 0 Å². The first-order valence-corrected chi connectivity index (χ1v) is 10.1. The van der Waals surface area contributed by atoms with E-state index in [1.807, 2.05) is 0 Å². The molecule has 0 fully saturated rings. The van der Waals surface area contributed by atoms with Crippen molar-refractivity contribution >= 4 is 22.0 Å². The van der Waals surface area contributed by atoms with E-state index < -0.39 is 28.6 Å². The van der Waals surface area contributed by atoms with E-state index in [0.29, 0.717) is 5.56 Å². The zero-order valence-electron chi connectivity index (χ0n) is 16.2. The standard InChI is InChI=1S/C20H23NO6S/c1-13(2)21-19(22)12-26-20(23)16-7-5-6-8-17(16)27-28(24,25)18-11-14(3)9-10-15(18)4/h5-11,13H,12H2,1-4H3,(H,21,22). The second kappa shape index (κ2) is 8.88. The van der Waals surface area contributed by atoms with E-state index in [0.717, 1.165) is 5.56 Å². The lowest BCUT2D eigenvalue weighted by molar-refractivity contribution is -0.124. The molecule has 7 nitrogen and oxygen atoms in total. The summed E-state index contributed by atoms with van der Waals surface area (Å²) in [4.78, 5) is 24.0. The SMILES string of the molecule is Cc1ccc(C)c(S(=O)(=O)Oc2ccccc2C(=O)OCC(=O)NC(C)C)c1. The van der Waals surface area contributed by atoms with E-state index in [2.05, 4.69) is 5.32 Å². The summed E-state index contributed by atoms with van der Waals surface area (Å²) < 4.78 is 35.6. The van der Waals surface area contributed by atoms with Crippen molar-refractivity contribution in [1.82, 2.24) is 5.32 Å². The van der Waals surface area contributed by atoms with Gasteiger partial charge in [0.2, 0.25) is 0 Å². The Morgan fingerprint density at radius 1 is 1.07 bits per heavy atom. The van der Waals surface area contributed by atoms with E-state index in [4.69, 9.17) is 8.92 Å². The number of nitrogens with one attached hydrogen (secondary N) is 1. The highest BCUT2D eigenvalue weighted by atomic mass is 32.2. The predicted molar refractivity (Wildman–Crippen MR) is 104 cm³/mol. The van der Waals surface area contributed by atoms with E-state index in [9.17, 15) is 18.0 Å². The maximum atomic E-state index is 12.7. The first-order chi connectivity index (χ1) is 13.1. The second-order valence-corrected chi connectivity index (χ2v) is 8.12. The van der Waals surface area contributed by atoms with Gasteiger partial charge in [-0.3, -0.25) is 4.79 Å². The van der Waals surface area contributed by atoms with Crippen molar-refractivity contribution in [3.63, 3.8) is 0 Å². The number of ether oxygens (including phenoxy) is 1. The van der Waals surface area contributed by atoms with Gasteiger partial charge < -0.3 is 14.2 Å². The van der Waals surface area contributed by atoms with Crippen LogP contribution in [0.3, 0.4) is 0 Å². The van der Waals surface area contributed by atoms with Gasteiger partial charge in [-0.25, -0.2) is 4.79 Å². The van der Waals surface area contributed by atoms with E-state index in [1.54, 1.807) is 45.9 Å². The molecular weight excluding hydrogens is 382 g/mol. The molecule has 2 aromatic rings. The smallest absolute Gasteiger partial charge is 0.342 e. The monoisotopic (exact) mass is 405 g/mol. The van der Waals surface area contributed by atoms with Crippen molar-refractivity contribution in [2.45, 2.75) is 38.6 Å². The van der Waals surface area contributed by atoms with Crippen LogP contribution in [0.15, 0.2) is 47.4 Å². The molecule has 0 aliphatic carbocycles. The normalized spacial score (nSPS) is 11.2. The molecule has 0 unspecified atom stereocenters.